The lowest BCUT2D eigenvalue weighted by molar-refractivity contribution is 0.251. The molecule has 0 aromatic heterocycles. The molecule has 0 aliphatic carbocycles. The summed E-state index contributed by atoms with van der Waals surface area (Å²) in [4.78, 5) is 14.6. The molecule has 1 heterocycles. The Morgan fingerprint density at radius 3 is 2.58 bits per heavy atom. The standard InChI is InChI=1S/C19H23N3O2/c1-24-18-11-5-2-8-15(18)14-20-19(23)21-16-9-3-4-10-17(16)22-12-6-7-13-22/h2-5,8-11H,6-7,12-14H2,1H3,(H2,20,21,23). The number of benzene rings is 2. The van der Waals surface area contributed by atoms with Gasteiger partial charge in [0.25, 0.3) is 0 Å². The lowest BCUT2D eigenvalue weighted by Gasteiger charge is -2.21. The summed E-state index contributed by atoms with van der Waals surface area (Å²) in [6, 6.07) is 15.4. The highest BCUT2D eigenvalue weighted by molar-refractivity contribution is 5.93. The van der Waals surface area contributed by atoms with Crippen LogP contribution in [0.25, 0.3) is 0 Å². The van der Waals surface area contributed by atoms with Crippen LogP contribution in [-0.4, -0.2) is 26.2 Å². The minimum Gasteiger partial charge on any atom is -0.496 e. The molecular formula is C19H23N3O2. The van der Waals surface area contributed by atoms with Crippen LogP contribution in [0.4, 0.5) is 16.2 Å². The third-order valence-corrected chi connectivity index (χ3v) is 4.23. The lowest BCUT2D eigenvalue weighted by Crippen LogP contribution is -2.29. The van der Waals surface area contributed by atoms with Gasteiger partial charge in [0.05, 0.1) is 18.5 Å². The van der Waals surface area contributed by atoms with Gasteiger partial charge in [-0.25, -0.2) is 4.79 Å². The van der Waals surface area contributed by atoms with Gasteiger partial charge in [0.15, 0.2) is 0 Å². The number of hydrogen-bond donors (Lipinski definition) is 2. The number of amides is 2. The molecule has 1 saturated heterocycles. The summed E-state index contributed by atoms with van der Waals surface area (Å²) < 4.78 is 5.30. The van der Waals surface area contributed by atoms with Crippen molar-refractivity contribution < 1.29 is 9.53 Å². The molecule has 0 bridgehead atoms. The highest BCUT2D eigenvalue weighted by atomic mass is 16.5. The van der Waals surface area contributed by atoms with Crippen molar-refractivity contribution in [3.8, 4) is 5.75 Å². The predicted molar refractivity (Wildman–Crippen MR) is 96.7 cm³/mol. The summed E-state index contributed by atoms with van der Waals surface area (Å²) in [6.07, 6.45) is 2.41. The van der Waals surface area contributed by atoms with Crippen LogP contribution in [0.15, 0.2) is 48.5 Å². The van der Waals surface area contributed by atoms with Gasteiger partial charge in [-0.05, 0) is 31.0 Å². The Hall–Kier alpha value is -2.69. The third kappa shape index (κ3) is 3.79. The Bertz CT molecular complexity index is 697. The number of ether oxygens (including phenoxy) is 1. The molecule has 0 unspecified atom stereocenters. The van der Waals surface area contributed by atoms with Gasteiger partial charge in [-0.1, -0.05) is 30.3 Å². The van der Waals surface area contributed by atoms with E-state index in [2.05, 4.69) is 21.6 Å². The lowest BCUT2D eigenvalue weighted by atomic mass is 10.2. The van der Waals surface area contributed by atoms with E-state index in [1.807, 2.05) is 42.5 Å². The zero-order valence-electron chi connectivity index (χ0n) is 13.9. The van der Waals surface area contributed by atoms with Crippen LogP contribution < -0.4 is 20.3 Å². The molecule has 0 atom stereocenters. The Morgan fingerprint density at radius 2 is 1.79 bits per heavy atom. The van der Waals surface area contributed by atoms with Gasteiger partial charge < -0.3 is 20.3 Å². The number of carbonyl (C=O) groups is 1. The minimum atomic E-state index is -0.215. The van der Waals surface area contributed by atoms with Crippen LogP contribution in [-0.2, 0) is 6.54 Å². The first-order chi connectivity index (χ1) is 11.8. The van der Waals surface area contributed by atoms with E-state index in [0.717, 1.165) is 35.8 Å². The van der Waals surface area contributed by atoms with Gasteiger partial charge in [-0.15, -0.1) is 0 Å². The zero-order valence-corrected chi connectivity index (χ0v) is 13.9. The van der Waals surface area contributed by atoms with E-state index in [9.17, 15) is 4.79 Å². The Balaban J connectivity index is 1.63. The van der Waals surface area contributed by atoms with E-state index in [-0.39, 0.29) is 6.03 Å². The number of anilines is 2. The molecule has 1 fully saturated rings. The quantitative estimate of drug-likeness (QED) is 0.883. The fourth-order valence-corrected chi connectivity index (χ4v) is 3.00. The molecule has 2 N–H and O–H groups in total. The summed E-state index contributed by atoms with van der Waals surface area (Å²) in [6.45, 7) is 2.50. The molecular weight excluding hydrogens is 302 g/mol. The van der Waals surface area contributed by atoms with Crippen LogP contribution in [0.5, 0.6) is 5.75 Å². The van der Waals surface area contributed by atoms with Crippen molar-refractivity contribution in [2.24, 2.45) is 0 Å². The molecule has 2 aromatic carbocycles. The van der Waals surface area contributed by atoms with E-state index in [0.29, 0.717) is 6.54 Å². The molecule has 2 aromatic rings. The maximum absolute atomic E-state index is 12.3. The van der Waals surface area contributed by atoms with Gasteiger partial charge in [0.1, 0.15) is 5.75 Å². The van der Waals surface area contributed by atoms with Crippen molar-refractivity contribution in [1.82, 2.24) is 5.32 Å². The number of rotatable bonds is 5. The Morgan fingerprint density at radius 1 is 1.08 bits per heavy atom. The molecule has 1 aliphatic rings. The van der Waals surface area contributed by atoms with Gasteiger partial charge in [-0.2, -0.15) is 0 Å². The number of urea groups is 1. The molecule has 2 amide bonds. The van der Waals surface area contributed by atoms with Crippen molar-refractivity contribution in [1.29, 1.82) is 0 Å². The minimum absolute atomic E-state index is 0.215. The summed E-state index contributed by atoms with van der Waals surface area (Å²) in [5.41, 5.74) is 2.88. The SMILES string of the molecule is COc1ccccc1CNC(=O)Nc1ccccc1N1CCCC1. The fraction of sp³-hybridized carbons (Fsp3) is 0.316. The van der Waals surface area contributed by atoms with Crippen LogP contribution >= 0.6 is 0 Å². The summed E-state index contributed by atoms with van der Waals surface area (Å²) in [5.74, 6) is 0.773. The smallest absolute Gasteiger partial charge is 0.319 e. The van der Waals surface area contributed by atoms with Gasteiger partial charge >= 0.3 is 6.03 Å². The molecule has 0 saturated carbocycles. The van der Waals surface area contributed by atoms with Crippen molar-refractivity contribution in [3.63, 3.8) is 0 Å². The largest absolute Gasteiger partial charge is 0.496 e. The number of para-hydroxylation sites is 3. The summed E-state index contributed by atoms with van der Waals surface area (Å²) in [5, 5.41) is 5.85. The number of hydrogen-bond acceptors (Lipinski definition) is 3. The first-order valence-electron chi connectivity index (χ1n) is 8.28. The maximum atomic E-state index is 12.3. The summed E-state index contributed by atoms with van der Waals surface area (Å²) >= 11 is 0. The average molecular weight is 325 g/mol. The van der Waals surface area contributed by atoms with E-state index in [1.54, 1.807) is 7.11 Å². The molecule has 1 aliphatic heterocycles. The second kappa shape index (κ2) is 7.73. The van der Waals surface area contributed by atoms with Crippen LogP contribution in [0.3, 0.4) is 0 Å². The topological polar surface area (TPSA) is 53.6 Å². The average Bonchev–Trinajstić information content (AvgIpc) is 3.15. The van der Waals surface area contributed by atoms with Gasteiger partial charge in [0.2, 0.25) is 0 Å². The number of nitrogens with zero attached hydrogens (tertiary/aromatic N) is 1. The zero-order chi connectivity index (χ0) is 16.8. The highest BCUT2D eigenvalue weighted by Crippen LogP contribution is 2.28. The molecule has 3 rings (SSSR count). The van der Waals surface area contributed by atoms with Crippen LogP contribution in [0.1, 0.15) is 18.4 Å². The van der Waals surface area contributed by atoms with Crippen molar-refractivity contribution >= 4 is 17.4 Å². The monoisotopic (exact) mass is 325 g/mol. The van der Waals surface area contributed by atoms with Crippen LogP contribution in [0.2, 0.25) is 0 Å². The van der Waals surface area contributed by atoms with E-state index < -0.39 is 0 Å². The van der Waals surface area contributed by atoms with E-state index in [1.165, 1.54) is 12.8 Å². The number of methoxy groups -OCH3 is 1. The third-order valence-electron chi connectivity index (χ3n) is 4.23. The second-order valence-electron chi connectivity index (χ2n) is 5.83. The normalized spacial score (nSPS) is 13.6. The number of nitrogens with one attached hydrogen (secondary N) is 2. The van der Waals surface area contributed by atoms with Crippen LogP contribution in [0, 0.1) is 0 Å². The molecule has 126 valence electrons. The fourth-order valence-electron chi connectivity index (χ4n) is 3.00. The Labute approximate surface area is 142 Å². The second-order valence-corrected chi connectivity index (χ2v) is 5.83. The number of carbonyl (C=O) groups excluding carboxylic acids is 1. The van der Waals surface area contributed by atoms with E-state index >= 15 is 0 Å². The maximum Gasteiger partial charge on any atom is 0.319 e. The molecule has 0 spiro atoms. The molecule has 24 heavy (non-hydrogen) atoms. The predicted octanol–water partition coefficient (Wildman–Crippen LogP) is 3.62. The molecule has 0 radical (unpaired) electrons. The first kappa shape index (κ1) is 16.2. The van der Waals surface area contributed by atoms with E-state index in [4.69, 9.17) is 4.74 Å². The highest BCUT2D eigenvalue weighted by Gasteiger charge is 2.16. The van der Waals surface area contributed by atoms with Gasteiger partial charge in [-0.3, -0.25) is 0 Å². The van der Waals surface area contributed by atoms with Gasteiger partial charge in [0, 0.05) is 25.2 Å². The van der Waals surface area contributed by atoms with Crippen molar-refractivity contribution in [3.05, 3.63) is 54.1 Å². The van der Waals surface area contributed by atoms with Crippen molar-refractivity contribution in [2.45, 2.75) is 19.4 Å². The Kier molecular flexibility index (Phi) is 5.21. The molecule has 5 heteroatoms. The van der Waals surface area contributed by atoms with Crippen molar-refractivity contribution in [2.75, 3.05) is 30.4 Å². The summed E-state index contributed by atoms with van der Waals surface area (Å²) in [7, 11) is 1.63. The molecule has 5 nitrogen and oxygen atoms in total. The first-order valence-corrected chi connectivity index (χ1v) is 8.28.